The maximum atomic E-state index is 5.58. The van der Waals surface area contributed by atoms with E-state index in [1.165, 1.54) is 3.57 Å². The van der Waals surface area contributed by atoms with Crippen LogP contribution in [-0.4, -0.2) is 17.0 Å². The maximum absolute atomic E-state index is 5.58. The molecule has 16 heavy (non-hydrogen) atoms. The lowest BCUT2D eigenvalue weighted by molar-refractivity contribution is 0.462. The molecule has 0 saturated heterocycles. The largest absolute Gasteiger partial charge is 0.439 e. The quantitative estimate of drug-likeness (QED) is 0.881. The fourth-order valence-corrected chi connectivity index (χ4v) is 1.50. The van der Waals surface area contributed by atoms with Gasteiger partial charge in [-0.2, -0.15) is 4.98 Å². The number of hydrogen-bond acceptors (Lipinski definition) is 4. The van der Waals surface area contributed by atoms with Gasteiger partial charge in [-0.05, 0) is 46.9 Å². The van der Waals surface area contributed by atoms with E-state index < -0.39 is 0 Å². The number of nitrogens with one attached hydrogen (secondary N) is 1. The first-order valence-electron chi connectivity index (χ1n) is 4.72. The second-order valence-electron chi connectivity index (χ2n) is 3.02. The number of ether oxygens (including phenoxy) is 1. The Morgan fingerprint density at radius 1 is 1.19 bits per heavy atom. The molecule has 0 amide bonds. The summed E-state index contributed by atoms with van der Waals surface area (Å²) in [6.45, 7) is 0. The Balaban J connectivity index is 2.16. The van der Waals surface area contributed by atoms with E-state index in [1.807, 2.05) is 24.3 Å². The number of rotatable bonds is 3. The molecule has 0 fully saturated rings. The minimum absolute atomic E-state index is 0.528. The van der Waals surface area contributed by atoms with Gasteiger partial charge in [0.25, 0.3) is 0 Å². The number of hydrogen-bond donors (Lipinski definition) is 1. The highest BCUT2D eigenvalue weighted by Gasteiger charge is 2.00. The van der Waals surface area contributed by atoms with Crippen LogP contribution in [0.25, 0.3) is 0 Å². The van der Waals surface area contributed by atoms with Crippen LogP contribution in [0.4, 0.5) is 5.95 Å². The number of benzene rings is 1. The maximum Gasteiger partial charge on any atom is 0.225 e. The molecule has 0 atom stereocenters. The number of halogens is 1. The predicted octanol–water partition coefficient (Wildman–Crippen LogP) is 2.92. The molecule has 0 unspecified atom stereocenters. The van der Waals surface area contributed by atoms with Gasteiger partial charge in [-0.25, -0.2) is 4.98 Å². The number of anilines is 1. The van der Waals surface area contributed by atoms with Gasteiger partial charge in [-0.1, -0.05) is 0 Å². The Labute approximate surface area is 107 Å². The average Bonchev–Trinajstić information content (AvgIpc) is 2.32. The molecule has 5 heteroatoms. The van der Waals surface area contributed by atoms with Gasteiger partial charge in [0.1, 0.15) is 5.75 Å². The molecule has 4 nitrogen and oxygen atoms in total. The van der Waals surface area contributed by atoms with Gasteiger partial charge < -0.3 is 10.1 Å². The van der Waals surface area contributed by atoms with Gasteiger partial charge in [0, 0.05) is 22.9 Å². The number of aromatic nitrogens is 2. The smallest absolute Gasteiger partial charge is 0.225 e. The van der Waals surface area contributed by atoms with E-state index in [-0.39, 0.29) is 0 Å². The number of nitrogens with zero attached hydrogens (tertiary/aromatic N) is 2. The first-order chi connectivity index (χ1) is 7.78. The van der Waals surface area contributed by atoms with Gasteiger partial charge in [0.15, 0.2) is 0 Å². The van der Waals surface area contributed by atoms with Crippen LogP contribution in [0, 0.1) is 3.57 Å². The zero-order valence-corrected chi connectivity index (χ0v) is 10.8. The molecule has 0 aliphatic rings. The summed E-state index contributed by atoms with van der Waals surface area (Å²) in [7, 11) is 1.77. The van der Waals surface area contributed by atoms with E-state index in [4.69, 9.17) is 4.74 Å². The van der Waals surface area contributed by atoms with Crippen molar-refractivity contribution in [1.29, 1.82) is 0 Å². The third-order valence-electron chi connectivity index (χ3n) is 1.89. The second kappa shape index (κ2) is 5.11. The van der Waals surface area contributed by atoms with Crippen LogP contribution >= 0.6 is 22.6 Å². The van der Waals surface area contributed by atoms with Crippen molar-refractivity contribution < 1.29 is 4.74 Å². The SMILES string of the molecule is CNc1nccc(Oc2ccc(I)cc2)n1. The van der Waals surface area contributed by atoms with Gasteiger partial charge >= 0.3 is 0 Å². The van der Waals surface area contributed by atoms with Crippen molar-refractivity contribution in [2.45, 2.75) is 0 Å². The molecule has 2 aromatic rings. The molecule has 0 aliphatic carbocycles. The van der Waals surface area contributed by atoms with E-state index in [2.05, 4.69) is 37.9 Å². The van der Waals surface area contributed by atoms with E-state index >= 15 is 0 Å². The highest BCUT2D eigenvalue weighted by Crippen LogP contribution is 2.20. The van der Waals surface area contributed by atoms with Crippen molar-refractivity contribution >= 4 is 28.5 Å². The summed E-state index contributed by atoms with van der Waals surface area (Å²) in [6, 6.07) is 9.50. The van der Waals surface area contributed by atoms with Crippen LogP contribution in [0.3, 0.4) is 0 Å². The lowest BCUT2D eigenvalue weighted by Crippen LogP contribution is -1.97. The molecule has 0 spiro atoms. The molecule has 0 bridgehead atoms. The Bertz CT molecular complexity index is 473. The lowest BCUT2D eigenvalue weighted by Gasteiger charge is -2.05. The van der Waals surface area contributed by atoms with Crippen LogP contribution < -0.4 is 10.1 Å². The topological polar surface area (TPSA) is 47.0 Å². The van der Waals surface area contributed by atoms with E-state index in [1.54, 1.807) is 19.3 Å². The van der Waals surface area contributed by atoms with Gasteiger partial charge in [0.05, 0.1) is 0 Å². The molecular formula is C11H10IN3O. The monoisotopic (exact) mass is 327 g/mol. The molecule has 1 N–H and O–H groups in total. The Kier molecular flexibility index (Phi) is 3.55. The first kappa shape index (κ1) is 11.1. The van der Waals surface area contributed by atoms with Crippen molar-refractivity contribution in [3.63, 3.8) is 0 Å². The first-order valence-corrected chi connectivity index (χ1v) is 5.80. The Hall–Kier alpha value is -1.37. The lowest BCUT2D eigenvalue weighted by atomic mass is 10.3. The molecule has 0 aliphatic heterocycles. The predicted molar refractivity (Wildman–Crippen MR) is 70.8 cm³/mol. The third-order valence-corrected chi connectivity index (χ3v) is 2.61. The van der Waals surface area contributed by atoms with Crippen LogP contribution in [0.1, 0.15) is 0 Å². The zero-order chi connectivity index (χ0) is 11.4. The summed E-state index contributed by atoms with van der Waals surface area (Å²) in [5, 5.41) is 2.86. The van der Waals surface area contributed by atoms with Crippen LogP contribution in [0.15, 0.2) is 36.5 Å². The molecule has 0 saturated carbocycles. The minimum atomic E-state index is 0.528. The minimum Gasteiger partial charge on any atom is -0.439 e. The van der Waals surface area contributed by atoms with Crippen molar-refractivity contribution in [1.82, 2.24) is 9.97 Å². The Morgan fingerprint density at radius 2 is 1.94 bits per heavy atom. The fourth-order valence-electron chi connectivity index (χ4n) is 1.14. The summed E-state index contributed by atoms with van der Waals surface area (Å²) < 4.78 is 6.75. The highest BCUT2D eigenvalue weighted by molar-refractivity contribution is 14.1. The zero-order valence-electron chi connectivity index (χ0n) is 8.64. The van der Waals surface area contributed by atoms with Gasteiger partial charge in [0.2, 0.25) is 11.8 Å². The highest BCUT2D eigenvalue weighted by atomic mass is 127. The second-order valence-corrected chi connectivity index (χ2v) is 4.27. The molecular weight excluding hydrogens is 317 g/mol. The summed E-state index contributed by atoms with van der Waals surface area (Å²) in [4.78, 5) is 8.17. The summed E-state index contributed by atoms with van der Waals surface area (Å²) in [6.07, 6.45) is 1.65. The van der Waals surface area contributed by atoms with E-state index in [9.17, 15) is 0 Å². The molecule has 82 valence electrons. The molecule has 0 radical (unpaired) electrons. The van der Waals surface area contributed by atoms with E-state index in [0.29, 0.717) is 11.8 Å². The standard InChI is InChI=1S/C11H10IN3O/c1-13-11-14-7-6-10(15-11)16-9-4-2-8(12)3-5-9/h2-7H,1H3,(H,13,14,15). The molecule has 1 aromatic heterocycles. The van der Waals surface area contributed by atoms with Crippen molar-refractivity contribution in [2.24, 2.45) is 0 Å². The molecule has 2 rings (SSSR count). The van der Waals surface area contributed by atoms with Gasteiger partial charge in [-0.3, -0.25) is 0 Å². The van der Waals surface area contributed by atoms with Crippen molar-refractivity contribution in [3.8, 4) is 11.6 Å². The Morgan fingerprint density at radius 3 is 2.62 bits per heavy atom. The van der Waals surface area contributed by atoms with Crippen molar-refractivity contribution in [2.75, 3.05) is 12.4 Å². The normalized spacial score (nSPS) is 9.88. The van der Waals surface area contributed by atoms with Crippen molar-refractivity contribution in [3.05, 3.63) is 40.1 Å². The van der Waals surface area contributed by atoms with Crippen LogP contribution in [-0.2, 0) is 0 Å². The van der Waals surface area contributed by atoms with Crippen LogP contribution in [0.2, 0.25) is 0 Å². The fraction of sp³-hybridized carbons (Fsp3) is 0.0909. The molecule has 1 heterocycles. The van der Waals surface area contributed by atoms with Gasteiger partial charge in [-0.15, -0.1) is 0 Å². The summed E-state index contributed by atoms with van der Waals surface area (Å²) in [5.74, 6) is 1.84. The van der Waals surface area contributed by atoms with E-state index in [0.717, 1.165) is 5.75 Å². The summed E-state index contributed by atoms with van der Waals surface area (Å²) in [5.41, 5.74) is 0. The average molecular weight is 327 g/mol. The van der Waals surface area contributed by atoms with Crippen LogP contribution in [0.5, 0.6) is 11.6 Å². The molecule has 1 aromatic carbocycles. The summed E-state index contributed by atoms with van der Waals surface area (Å²) >= 11 is 2.25. The third kappa shape index (κ3) is 2.82.